The molecule has 4 rings (SSSR count). The maximum atomic E-state index is 10.7. The number of nitrogens with one attached hydrogen (secondary N) is 2. The van der Waals surface area contributed by atoms with E-state index in [-0.39, 0.29) is 11.5 Å². The molecule has 5 heteroatoms. The van der Waals surface area contributed by atoms with Gasteiger partial charge in [-0.3, -0.25) is 0 Å². The summed E-state index contributed by atoms with van der Waals surface area (Å²) in [7, 11) is 3.37. The van der Waals surface area contributed by atoms with Crippen molar-refractivity contribution in [3.05, 3.63) is 53.1 Å². The number of para-hydroxylation sites is 1. The number of aliphatic hydroxyl groups excluding tert-OH is 1. The molecule has 1 aliphatic carbocycles. The maximum Gasteiger partial charge on any atom is 0.122 e. The molecule has 2 aromatic carbocycles. The van der Waals surface area contributed by atoms with Crippen LogP contribution in [0.3, 0.4) is 0 Å². The van der Waals surface area contributed by atoms with Gasteiger partial charge in [-0.15, -0.1) is 0 Å². The molecule has 1 heterocycles. The molecule has 0 saturated carbocycles. The van der Waals surface area contributed by atoms with Gasteiger partial charge in [-0.25, -0.2) is 0 Å². The van der Waals surface area contributed by atoms with E-state index in [9.17, 15) is 5.11 Å². The predicted molar refractivity (Wildman–Crippen MR) is 112 cm³/mol. The van der Waals surface area contributed by atoms with Gasteiger partial charge in [0.15, 0.2) is 0 Å². The van der Waals surface area contributed by atoms with E-state index in [1.54, 1.807) is 14.2 Å². The van der Waals surface area contributed by atoms with Gasteiger partial charge in [0.05, 0.1) is 20.3 Å². The highest BCUT2D eigenvalue weighted by molar-refractivity contribution is 5.60. The third-order valence-corrected chi connectivity index (χ3v) is 6.42. The lowest BCUT2D eigenvalue weighted by molar-refractivity contribution is 0.116. The van der Waals surface area contributed by atoms with E-state index in [1.807, 2.05) is 12.1 Å². The zero-order chi connectivity index (χ0) is 19.7. The van der Waals surface area contributed by atoms with Gasteiger partial charge in [0.2, 0.25) is 0 Å². The molecule has 2 aromatic rings. The highest BCUT2D eigenvalue weighted by atomic mass is 16.5. The quantitative estimate of drug-likeness (QED) is 0.717. The molecule has 0 bridgehead atoms. The summed E-state index contributed by atoms with van der Waals surface area (Å²) in [5.74, 6) is 1.70. The lowest BCUT2D eigenvalue weighted by atomic mass is 9.81. The smallest absolute Gasteiger partial charge is 0.122 e. The molecule has 2 aliphatic rings. The fourth-order valence-corrected chi connectivity index (χ4v) is 4.70. The number of fused-ring (bicyclic) bond motifs is 2. The molecule has 1 aliphatic heterocycles. The Kier molecular flexibility index (Phi) is 5.21. The summed E-state index contributed by atoms with van der Waals surface area (Å²) < 4.78 is 11.1. The van der Waals surface area contributed by atoms with E-state index in [0.29, 0.717) is 6.42 Å². The lowest BCUT2D eigenvalue weighted by Crippen LogP contribution is -2.47. The van der Waals surface area contributed by atoms with E-state index in [1.165, 1.54) is 11.3 Å². The first kappa shape index (κ1) is 19.1. The van der Waals surface area contributed by atoms with Crippen molar-refractivity contribution in [3.8, 4) is 11.5 Å². The molecule has 5 nitrogen and oxygen atoms in total. The van der Waals surface area contributed by atoms with Crippen molar-refractivity contribution in [1.29, 1.82) is 0 Å². The van der Waals surface area contributed by atoms with Gasteiger partial charge in [0.1, 0.15) is 11.5 Å². The van der Waals surface area contributed by atoms with Crippen LogP contribution >= 0.6 is 0 Å². The average molecular weight is 383 g/mol. The van der Waals surface area contributed by atoms with Crippen molar-refractivity contribution in [3.63, 3.8) is 0 Å². The third kappa shape index (κ3) is 3.33. The molecule has 150 valence electrons. The second-order valence-corrected chi connectivity index (χ2v) is 8.17. The monoisotopic (exact) mass is 382 g/mol. The van der Waals surface area contributed by atoms with Gasteiger partial charge in [-0.2, -0.15) is 0 Å². The Hall–Kier alpha value is -2.24. The maximum absolute atomic E-state index is 10.7. The second-order valence-electron chi connectivity index (χ2n) is 8.17. The Labute approximate surface area is 167 Å². The molecule has 3 N–H and O–H groups in total. The minimum atomic E-state index is -0.435. The number of hydrogen-bond acceptors (Lipinski definition) is 5. The fraction of sp³-hybridized carbons (Fsp3) is 0.478. The molecule has 0 saturated heterocycles. The van der Waals surface area contributed by atoms with Crippen LogP contribution in [0.15, 0.2) is 36.4 Å². The average Bonchev–Trinajstić information content (AvgIpc) is 3.05. The Morgan fingerprint density at radius 2 is 1.75 bits per heavy atom. The minimum absolute atomic E-state index is 0.0155. The number of rotatable bonds is 6. The Balaban J connectivity index is 1.44. The second kappa shape index (κ2) is 7.64. The highest BCUT2D eigenvalue weighted by Crippen LogP contribution is 2.39. The van der Waals surface area contributed by atoms with Gasteiger partial charge < -0.3 is 25.2 Å². The molecule has 0 aromatic heterocycles. The van der Waals surface area contributed by atoms with Crippen molar-refractivity contribution in [2.24, 2.45) is 0 Å². The van der Waals surface area contributed by atoms with E-state index in [2.05, 4.69) is 41.8 Å². The summed E-state index contributed by atoms with van der Waals surface area (Å²) in [5, 5.41) is 17.9. The summed E-state index contributed by atoms with van der Waals surface area (Å²) in [6.45, 7) is 4.12. The largest absolute Gasteiger partial charge is 0.496 e. The minimum Gasteiger partial charge on any atom is -0.496 e. The van der Waals surface area contributed by atoms with E-state index in [0.717, 1.165) is 48.6 Å². The molecule has 0 spiro atoms. The van der Waals surface area contributed by atoms with Crippen molar-refractivity contribution in [1.82, 2.24) is 5.32 Å². The first-order valence-corrected chi connectivity index (χ1v) is 10.0. The molecular weight excluding hydrogens is 352 g/mol. The van der Waals surface area contributed by atoms with Crippen molar-refractivity contribution < 1.29 is 14.6 Å². The normalized spacial score (nSPS) is 25.6. The molecule has 28 heavy (non-hydrogen) atoms. The van der Waals surface area contributed by atoms with Crippen LogP contribution in [0, 0.1) is 0 Å². The Morgan fingerprint density at radius 1 is 1.07 bits per heavy atom. The zero-order valence-electron chi connectivity index (χ0n) is 16.9. The van der Waals surface area contributed by atoms with Gasteiger partial charge in [-0.05, 0) is 43.1 Å². The number of aliphatic hydroxyl groups is 1. The summed E-state index contributed by atoms with van der Waals surface area (Å²) in [4.78, 5) is 0. The number of ether oxygens (including phenoxy) is 2. The van der Waals surface area contributed by atoms with Crippen molar-refractivity contribution in [2.45, 2.75) is 43.7 Å². The van der Waals surface area contributed by atoms with Gasteiger partial charge in [0.25, 0.3) is 0 Å². The van der Waals surface area contributed by atoms with E-state index >= 15 is 0 Å². The molecule has 0 amide bonds. The van der Waals surface area contributed by atoms with Crippen LogP contribution in [-0.2, 0) is 18.3 Å². The van der Waals surface area contributed by atoms with Gasteiger partial charge in [0, 0.05) is 41.2 Å². The Bertz CT molecular complexity index is 854. The number of anilines is 1. The topological polar surface area (TPSA) is 62.8 Å². The number of methoxy groups -OCH3 is 2. The van der Waals surface area contributed by atoms with Crippen LogP contribution in [0.4, 0.5) is 5.69 Å². The van der Waals surface area contributed by atoms with Gasteiger partial charge >= 0.3 is 0 Å². The molecule has 0 fully saturated rings. The fourth-order valence-electron chi connectivity index (χ4n) is 4.70. The molecule has 3 unspecified atom stereocenters. The SMILES string of the molecule is COc1ccc(OC)c2c1CC(O)C(NCCC1(C)CNc3ccccc31)C2. The van der Waals surface area contributed by atoms with Gasteiger partial charge in [-0.1, -0.05) is 25.1 Å². The lowest BCUT2D eigenvalue weighted by Gasteiger charge is -2.33. The van der Waals surface area contributed by atoms with Crippen LogP contribution < -0.4 is 20.1 Å². The highest BCUT2D eigenvalue weighted by Gasteiger charge is 2.35. The summed E-state index contributed by atoms with van der Waals surface area (Å²) in [6.07, 6.45) is 1.90. The standard InChI is InChI=1S/C23H30N2O3/c1-23(14-25-18-7-5-4-6-17(18)23)10-11-24-19-12-15-16(13-20(19)26)22(28-3)9-8-21(15)27-2/h4-9,19-20,24-26H,10-14H2,1-3H3. The first-order chi connectivity index (χ1) is 13.6. The van der Waals surface area contributed by atoms with Crippen LogP contribution in [0.2, 0.25) is 0 Å². The van der Waals surface area contributed by atoms with Crippen LogP contribution in [0.1, 0.15) is 30.0 Å². The summed E-state index contributed by atoms with van der Waals surface area (Å²) >= 11 is 0. The molecule has 3 atom stereocenters. The van der Waals surface area contributed by atoms with Crippen molar-refractivity contribution in [2.75, 3.05) is 32.6 Å². The van der Waals surface area contributed by atoms with Crippen LogP contribution in [0.25, 0.3) is 0 Å². The predicted octanol–water partition coefficient (Wildman–Crippen LogP) is 2.90. The first-order valence-electron chi connectivity index (χ1n) is 10.0. The zero-order valence-corrected chi connectivity index (χ0v) is 16.9. The van der Waals surface area contributed by atoms with Crippen LogP contribution in [0.5, 0.6) is 11.5 Å². The number of hydrogen-bond donors (Lipinski definition) is 3. The van der Waals surface area contributed by atoms with Crippen LogP contribution in [-0.4, -0.2) is 44.6 Å². The van der Waals surface area contributed by atoms with E-state index in [4.69, 9.17) is 9.47 Å². The molecule has 0 radical (unpaired) electrons. The summed E-state index contributed by atoms with van der Waals surface area (Å²) in [6, 6.07) is 12.4. The van der Waals surface area contributed by atoms with Crippen molar-refractivity contribution >= 4 is 5.69 Å². The molecular formula is C23H30N2O3. The Morgan fingerprint density at radius 3 is 2.46 bits per heavy atom. The van der Waals surface area contributed by atoms with E-state index < -0.39 is 6.10 Å². The third-order valence-electron chi connectivity index (χ3n) is 6.42. The summed E-state index contributed by atoms with van der Waals surface area (Å²) in [5.41, 5.74) is 4.95. The number of benzene rings is 2.